The minimum absolute atomic E-state index is 0.349. The number of para-hydroxylation sites is 1. The van der Waals surface area contributed by atoms with E-state index in [1.807, 2.05) is 0 Å². The van der Waals surface area contributed by atoms with Gasteiger partial charge < -0.3 is 19.3 Å². The molecule has 0 amide bonds. The third-order valence-electron chi connectivity index (χ3n) is 5.69. The Morgan fingerprint density at radius 1 is 0.923 bits per heavy atom. The minimum Gasteiger partial charge on any atom is -0.356 e. The number of aromatic nitrogens is 2. The summed E-state index contributed by atoms with van der Waals surface area (Å²) in [4.78, 5) is 13.7. The highest BCUT2D eigenvalue weighted by Crippen LogP contribution is 2.35. The Morgan fingerprint density at radius 2 is 1.69 bits per heavy atom. The smallest absolute Gasteiger partial charge is 0.171 e. The number of nitrogens with zero attached hydrogens (tertiary/aromatic N) is 4. The van der Waals surface area contributed by atoms with Crippen LogP contribution in [-0.4, -0.2) is 48.6 Å². The highest BCUT2D eigenvalue weighted by Gasteiger charge is 2.40. The van der Waals surface area contributed by atoms with Crippen LogP contribution in [0.5, 0.6) is 0 Å². The number of ether oxygens (including phenoxy) is 2. The lowest BCUT2D eigenvalue weighted by Crippen LogP contribution is -2.45. The van der Waals surface area contributed by atoms with E-state index in [4.69, 9.17) is 9.47 Å². The van der Waals surface area contributed by atoms with E-state index in [1.165, 1.54) is 11.3 Å². The Hall–Kier alpha value is -2.18. The van der Waals surface area contributed by atoms with Crippen LogP contribution in [0.25, 0.3) is 0 Å². The molecule has 3 aliphatic rings. The molecular weight excluding hydrogens is 328 g/mol. The summed E-state index contributed by atoms with van der Waals surface area (Å²) in [5.41, 5.74) is 2.67. The first-order valence-corrected chi connectivity index (χ1v) is 9.53. The molecule has 0 N–H and O–H groups in total. The number of hydrogen-bond acceptors (Lipinski definition) is 6. The van der Waals surface area contributed by atoms with Gasteiger partial charge in [0.2, 0.25) is 0 Å². The van der Waals surface area contributed by atoms with Crippen molar-refractivity contribution in [3.63, 3.8) is 0 Å². The van der Waals surface area contributed by atoms with Crippen LogP contribution in [0.15, 0.2) is 36.7 Å². The first-order chi connectivity index (χ1) is 12.8. The van der Waals surface area contributed by atoms with Crippen molar-refractivity contribution >= 4 is 17.3 Å². The fourth-order valence-electron chi connectivity index (χ4n) is 4.29. The predicted octanol–water partition coefficient (Wildman–Crippen LogP) is 2.90. The maximum absolute atomic E-state index is 5.83. The average Bonchev–Trinajstić information content (AvgIpc) is 3.16. The first-order valence-electron chi connectivity index (χ1n) is 9.53. The van der Waals surface area contributed by atoms with Crippen LogP contribution >= 0.6 is 0 Å². The third kappa shape index (κ3) is 2.83. The molecule has 3 aliphatic heterocycles. The van der Waals surface area contributed by atoms with Crippen LogP contribution in [0.2, 0.25) is 0 Å². The molecule has 0 aliphatic carbocycles. The molecule has 1 aromatic carbocycles. The number of aryl methyl sites for hydroxylation is 1. The number of piperidine rings is 1. The Kier molecular flexibility index (Phi) is 4.02. The Bertz CT molecular complexity index is 781. The normalized spacial score (nSPS) is 21.8. The maximum Gasteiger partial charge on any atom is 0.171 e. The molecule has 1 aromatic heterocycles. The standard InChI is InChI=1S/C20H24N4O2/c1-2-6-17-16(4-1)5-3-9-24(17)19-14-18(21-15-22-19)23-10-7-20(8-11-23)25-12-13-26-20/h1-2,4,6,14-15H,3,5,7-13H2. The lowest BCUT2D eigenvalue weighted by Gasteiger charge is -2.38. The van der Waals surface area contributed by atoms with Gasteiger partial charge in [0.15, 0.2) is 5.79 Å². The summed E-state index contributed by atoms with van der Waals surface area (Å²) in [6.45, 7) is 4.22. The summed E-state index contributed by atoms with van der Waals surface area (Å²) in [6, 6.07) is 10.7. The van der Waals surface area contributed by atoms with Crippen LogP contribution in [0.1, 0.15) is 24.8 Å². The van der Waals surface area contributed by atoms with E-state index in [0.717, 1.165) is 57.0 Å². The molecule has 2 aromatic rings. The highest BCUT2D eigenvalue weighted by molar-refractivity contribution is 5.67. The van der Waals surface area contributed by atoms with Gasteiger partial charge in [-0.25, -0.2) is 9.97 Å². The number of rotatable bonds is 2. The zero-order chi connectivity index (χ0) is 17.4. The molecule has 26 heavy (non-hydrogen) atoms. The van der Waals surface area contributed by atoms with Crippen LogP contribution in [-0.2, 0) is 15.9 Å². The van der Waals surface area contributed by atoms with Gasteiger partial charge in [-0.3, -0.25) is 0 Å². The monoisotopic (exact) mass is 352 g/mol. The SMILES string of the molecule is c1ccc2c(c1)CCCN2c1cc(N2CCC3(CC2)OCCO3)ncn1. The van der Waals surface area contributed by atoms with Crippen LogP contribution < -0.4 is 9.80 Å². The van der Waals surface area contributed by atoms with Crippen molar-refractivity contribution in [1.82, 2.24) is 9.97 Å². The van der Waals surface area contributed by atoms with Gasteiger partial charge in [0.1, 0.15) is 18.0 Å². The number of benzene rings is 1. The zero-order valence-electron chi connectivity index (χ0n) is 14.9. The molecule has 136 valence electrons. The molecule has 6 heteroatoms. The van der Waals surface area contributed by atoms with E-state index in [0.29, 0.717) is 13.2 Å². The maximum atomic E-state index is 5.83. The molecule has 0 radical (unpaired) electrons. The Balaban J connectivity index is 1.37. The molecule has 1 spiro atoms. The molecule has 0 bridgehead atoms. The fourth-order valence-corrected chi connectivity index (χ4v) is 4.29. The summed E-state index contributed by atoms with van der Waals surface area (Å²) >= 11 is 0. The van der Waals surface area contributed by atoms with E-state index in [9.17, 15) is 0 Å². The number of anilines is 3. The van der Waals surface area contributed by atoms with Gasteiger partial charge in [0, 0.05) is 44.2 Å². The molecule has 5 rings (SSSR count). The van der Waals surface area contributed by atoms with E-state index >= 15 is 0 Å². The van der Waals surface area contributed by atoms with Gasteiger partial charge in [0.25, 0.3) is 0 Å². The van der Waals surface area contributed by atoms with Crippen molar-refractivity contribution in [2.45, 2.75) is 31.5 Å². The molecule has 0 saturated carbocycles. The molecule has 6 nitrogen and oxygen atoms in total. The topological polar surface area (TPSA) is 50.7 Å². The Labute approximate surface area is 153 Å². The van der Waals surface area contributed by atoms with Gasteiger partial charge in [0.05, 0.1) is 13.2 Å². The van der Waals surface area contributed by atoms with E-state index in [-0.39, 0.29) is 5.79 Å². The van der Waals surface area contributed by atoms with Crippen LogP contribution in [0.4, 0.5) is 17.3 Å². The average molecular weight is 352 g/mol. The second-order valence-electron chi connectivity index (χ2n) is 7.21. The predicted molar refractivity (Wildman–Crippen MR) is 99.9 cm³/mol. The lowest BCUT2D eigenvalue weighted by atomic mass is 10.0. The molecule has 4 heterocycles. The van der Waals surface area contributed by atoms with E-state index < -0.39 is 0 Å². The van der Waals surface area contributed by atoms with Crippen molar-refractivity contribution in [2.24, 2.45) is 0 Å². The molecule has 2 saturated heterocycles. The van der Waals surface area contributed by atoms with Gasteiger partial charge >= 0.3 is 0 Å². The van der Waals surface area contributed by atoms with Crippen LogP contribution in [0.3, 0.4) is 0 Å². The van der Waals surface area contributed by atoms with Gasteiger partial charge in [-0.1, -0.05) is 18.2 Å². The zero-order valence-corrected chi connectivity index (χ0v) is 14.9. The summed E-state index contributed by atoms with van der Waals surface area (Å²) in [6.07, 6.45) is 5.75. The Morgan fingerprint density at radius 3 is 2.54 bits per heavy atom. The first kappa shape index (κ1) is 16.0. The lowest BCUT2D eigenvalue weighted by molar-refractivity contribution is -0.169. The highest BCUT2D eigenvalue weighted by atomic mass is 16.7. The van der Waals surface area contributed by atoms with E-state index in [2.05, 4.69) is 50.1 Å². The van der Waals surface area contributed by atoms with Crippen molar-refractivity contribution in [2.75, 3.05) is 42.6 Å². The van der Waals surface area contributed by atoms with Crippen molar-refractivity contribution in [1.29, 1.82) is 0 Å². The van der Waals surface area contributed by atoms with Crippen molar-refractivity contribution < 1.29 is 9.47 Å². The van der Waals surface area contributed by atoms with Gasteiger partial charge in [-0.15, -0.1) is 0 Å². The second kappa shape index (κ2) is 6.52. The third-order valence-corrected chi connectivity index (χ3v) is 5.69. The van der Waals surface area contributed by atoms with Gasteiger partial charge in [-0.2, -0.15) is 0 Å². The van der Waals surface area contributed by atoms with Gasteiger partial charge in [-0.05, 0) is 24.5 Å². The van der Waals surface area contributed by atoms with Crippen LogP contribution in [0, 0.1) is 0 Å². The molecule has 0 atom stereocenters. The number of hydrogen-bond donors (Lipinski definition) is 0. The molecular formula is C20H24N4O2. The van der Waals surface area contributed by atoms with Crippen molar-refractivity contribution in [3.05, 3.63) is 42.2 Å². The minimum atomic E-state index is -0.349. The summed E-state index contributed by atoms with van der Waals surface area (Å²) < 4.78 is 11.7. The van der Waals surface area contributed by atoms with Crippen molar-refractivity contribution in [3.8, 4) is 0 Å². The summed E-state index contributed by atoms with van der Waals surface area (Å²) in [5.74, 6) is 1.62. The molecule has 2 fully saturated rings. The second-order valence-corrected chi connectivity index (χ2v) is 7.21. The largest absolute Gasteiger partial charge is 0.356 e. The number of fused-ring (bicyclic) bond motifs is 1. The summed E-state index contributed by atoms with van der Waals surface area (Å²) in [5, 5.41) is 0. The fraction of sp³-hybridized carbons (Fsp3) is 0.500. The van der Waals surface area contributed by atoms with E-state index in [1.54, 1.807) is 6.33 Å². The molecule has 0 unspecified atom stereocenters. The quantitative estimate of drug-likeness (QED) is 0.828. The summed E-state index contributed by atoms with van der Waals surface area (Å²) in [7, 11) is 0.